The zero-order valence-electron chi connectivity index (χ0n) is 16.5. The normalized spacial score (nSPS) is 13.8. The fourth-order valence-electron chi connectivity index (χ4n) is 2.99. The molecule has 7 heteroatoms. The van der Waals surface area contributed by atoms with Gasteiger partial charge < -0.3 is 18.9 Å². The molecule has 7 nitrogen and oxygen atoms in total. The van der Waals surface area contributed by atoms with Crippen LogP contribution < -0.4 is 9.47 Å². The molecule has 0 atom stereocenters. The van der Waals surface area contributed by atoms with Gasteiger partial charge in [0, 0.05) is 13.1 Å². The van der Waals surface area contributed by atoms with Gasteiger partial charge in [-0.2, -0.15) is 4.98 Å². The van der Waals surface area contributed by atoms with Gasteiger partial charge in [0.05, 0.1) is 5.92 Å². The molecule has 0 N–H and O–H groups in total. The van der Waals surface area contributed by atoms with E-state index in [0.717, 1.165) is 11.3 Å². The van der Waals surface area contributed by atoms with Crippen molar-refractivity contribution in [2.75, 3.05) is 19.7 Å². The number of amides is 1. The van der Waals surface area contributed by atoms with Crippen molar-refractivity contribution in [1.29, 1.82) is 0 Å². The Morgan fingerprint density at radius 3 is 2.21 bits per heavy atom. The van der Waals surface area contributed by atoms with Crippen LogP contribution in [0.25, 0.3) is 0 Å². The summed E-state index contributed by atoms with van der Waals surface area (Å²) in [6.07, 6.45) is 0. The molecule has 1 amide bonds. The first-order valence-corrected chi connectivity index (χ1v) is 9.56. The summed E-state index contributed by atoms with van der Waals surface area (Å²) < 4.78 is 16.5. The quantitative estimate of drug-likeness (QED) is 0.613. The Morgan fingerprint density at radius 1 is 1.00 bits per heavy atom. The van der Waals surface area contributed by atoms with Crippen LogP contribution >= 0.6 is 0 Å². The van der Waals surface area contributed by atoms with Crippen molar-refractivity contribution in [2.45, 2.75) is 26.4 Å². The van der Waals surface area contributed by atoms with Crippen LogP contribution in [0.15, 0.2) is 53.1 Å². The van der Waals surface area contributed by atoms with Crippen LogP contribution in [0.2, 0.25) is 0 Å². The zero-order valence-corrected chi connectivity index (χ0v) is 16.5. The number of carbonyl (C=O) groups excluding carboxylic acids is 1. The first-order valence-electron chi connectivity index (χ1n) is 9.56. The van der Waals surface area contributed by atoms with E-state index in [2.05, 4.69) is 10.1 Å². The molecule has 1 aliphatic heterocycles. The monoisotopic (exact) mass is 393 g/mol. The lowest BCUT2D eigenvalue weighted by molar-refractivity contribution is -0.138. The van der Waals surface area contributed by atoms with Crippen molar-refractivity contribution in [3.05, 3.63) is 71.4 Å². The van der Waals surface area contributed by atoms with Gasteiger partial charge in [0.2, 0.25) is 0 Å². The predicted molar refractivity (Wildman–Crippen MR) is 106 cm³/mol. The molecule has 0 bridgehead atoms. The Bertz CT molecular complexity index is 960. The van der Waals surface area contributed by atoms with Crippen molar-refractivity contribution in [3.8, 4) is 11.5 Å². The highest BCUT2D eigenvalue weighted by Gasteiger charge is 2.35. The van der Waals surface area contributed by atoms with E-state index in [1.807, 2.05) is 62.4 Å². The summed E-state index contributed by atoms with van der Waals surface area (Å²) >= 11 is 0. The number of rotatable bonds is 7. The molecule has 0 unspecified atom stereocenters. The molecule has 29 heavy (non-hydrogen) atoms. The number of likely N-dealkylation sites (tertiary alicyclic amines) is 1. The van der Waals surface area contributed by atoms with E-state index in [1.54, 1.807) is 4.90 Å². The van der Waals surface area contributed by atoms with Crippen molar-refractivity contribution in [3.63, 3.8) is 0 Å². The molecule has 1 fully saturated rings. The molecule has 0 spiro atoms. The highest BCUT2D eigenvalue weighted by atomic mass is 16.5. The third kappa shape index (κ3) is 4.74. The first kappa shape index (κ1) is 19.0. The van der Waals surface area contributed by atoms with Crippen molar-refractivity contribution in [2.24, 2.45) is 0 Å². The third-order valence-corrected chi connectivity index (χ3v) is 4.85. The van der Waals surface area contributed by atoms with Crippen LogP contribution in [0.4, 0.5) is 0 Å². The van der Waals surface area contributed by atoms with Crippen molar-refractivity contribution >= 4 is 5.91 Å². The summed E-state index contributed by atoms with van der Waals surface area (Å²) in [4.78, 5) is 18.4. The second-order valence-corrected chi connectivity index (χ2v) is 7.25. The van der Waals surface area contributed by atoms with E-state index in [9.17, 15) is 4.79 Å². The minimum Gasteiger partial charge on any atom is -0.484 e. The number of aryl methyl sites for hydroxylation is 2. The molecule has 1 saturated heterocycles. The molecule has 2 aromatic carbocycles. The average Bonchev–Trinajstić information content (AvgIpc) is 3.14. The Balaban J connectivity index is 1.22. The van der Waals surface area contributed by atoms with Crippen molar-refractivity contribution in [1.82, 2.24) is 15.0 Å². The lowest BCUT2D eigenvalue weighted by atomic mass is 9.99. The molecule has 1 aliphatic rings. The predicted octanol–water partition coefficient (Wildman–Crippen LogP) is 3.27. The van der Waals surface area contributed by atoms with Crippen LogP contribution in [0.1, 0.15) is 28.8 Å². The molecule has 0 radical (unpaired) electrons. The fraction of sp³-hybridized carbons (Fsp3) is 0.318. The van der Waals surface area contributed by atoms with E-state index in [-0.39, 0.29) is 25.0 Å². The number of aromatic nitrogens is 2. The minimum absolute atomic E-state index is 0.0255. The van der Waals surface area contributed by atoms with E-state index in [4.69, 9.17) is 14.0 Å². The molecule has 150 valence electrons. The lowest BCUT2D eigenvalue weighted by Crippen LogP contribution is -2.50. The van der Waals surface area contributed by atoms with Gasteiger partial charge in [0.25, 0.3) is 11.8 Å². The maximum Gasteiger partial charge on any atom is 0.264 e. The Labute approximate surface area is 169 Å². The Kier molecular flexibility index (Phi) is 5.46. The van der Waals surface area contributed by atoms with Gasteiger partial charge in [-0.25, -0.2) is 0 Å². The summed E-state index contributed by atoms with van der Waals surface area (Å²) in [7, 11) is 0. The summed E-state index contributed by atoms with van der Waals surface area (Å²) in [6.45, 7) is 5.40. The summed E-state index contributed by atoms with van der Waals surface area (Å²) in [6, 6.07) is 15.4. The van der Waals surface area contributed by atoms with Crippen LogP contribution in [0, 0.1) is 13.8 Å². The van der Waals surface area contributed by atoms with Gasteiger partial charge in [0.1, 0.15) is 11.5 Å². The molecule has 4 rings (SSSR count). The number of hydrogen-bond donors (Lipinski definition) is 0. The minimum atomic E-state index is -0.0479. The number of carbonyl (C=O) groups is 1. The standard InChI is InChI=1S/C22H23N3O4/c1-15-3-7-18(8-4-15)27-13-20-23-22(24-29-20)17-11-25(12-17)21(26)14-28-19-9-5-16(2)6-10-19/h3-10,17H,11-14H2,1-2H3. The van der Waals surface area contributed by atoms with E-state index < -0.39 is 0 Å². The molecule has 0 aliphatic carbocycles. The van der Waals surface area contributed by atoms with Crippen LogP contribution in [-0.2, 0) is 11.4 Å². The molecule has 2 heterocycles. The highest BCUT2D eigenvalue weighted by Crippen LogP contribution is 2.25. The maximum atomic E-state index is 12.2. The third-order valence-electron chi connectivity index (χ3n) is 4.85. The summed E-state index contributed by atoms with van der Waals surface area (Å²) in [5.74, 6) is 2.51. The Hall–Kier alpha value is -3.35. The number of nitrogens with zero attached hydrogens (tertiary/aromatic N) is 3. The fourth-order valence-corrected chi connectivity index (χ4v) is 2.99. The lowest BCUT2D eigenvalue weighted by Gasteiger charge is -2.37. The molecular weight excluding hydrogens is 370 g/mol. The van der Waals surface area contributed by atoms with Crippen LogP contribution in [0.3, 0.4) is 0 Å². The largest absolute Gasteiger partial charge is 0.484 e. The zero-order chi connectivity index (χ0) is 20.2. The maximum absolute atomic E-state index is 12.2. The van der Waals surface area contributed by atoms with E-state index in [1.165, 1.54) is 5.56 Å². The summed E-state index contributed by atoms with van der Waals surface area (Å²) in [5.41, 5.74) is 2.32. The van der Waals surface area contributed by atoms with Gasteiger partial charge >= 0.3 is 0 Å². The van der Waals surface area contributed by atoms with Crippen LogP contribution in [0.5, 0.6) is 11.5 Å². The smallest absolute Gasteiger partial charge is 0.264 e. The topological polar surface area (TPSA) is 77.7 Å². The van der Waals surface area contributed by atoms with Crippen LogP contribution in [-0.4, -0.2) is 40.6 Å². The molecule has 0 saturated carbocycles. The van der Waals surface area contributed by atoms with E-state index >= 15 is 0 Å². The van der Waals surface area contributed by atoms with Gasteiger partial charge in [0.15, 0.2) is 19.0 Å². The van der Waals surface area contributed by atoms with Gasteiger partial charge in [-0.15, -0.1) is 0 Å². The highest BCUT2D eigenvalue weighted by molar-refractivity contribution is 5.78. The molecule has 1 aromatic heterocycles. The molecule has 3 aromatic rings. The average molecular weight is 393 g/mol. The van der Waals surface area contributed by atoms with Gasteiger partial charge in [-0.1, -0.05) is 40.5 Å². The number of benzene rings is 2. The van der Waals surface area contributed by atoms with Gasteiger partial charge in [-0.3, -0.25) is 4.79 Å². The Morgan fingerprint density at radius 2 is 1.59 bits per heavy atom. The van der Waals surface area contributed by atoms with Gasteiger partial charge in [-0.05, 0) is 38.1 Å². The van der Waals surface area contributed by atoms with Crippen molar-refractivity contribution < 1.29 is 18.8 Å². The second-order valence-electron chi connectivity index (χ2n) is 7.25. The number of ether oxygens (including phenoxy) is 2. The number of hydrogen-bond acceptors (Lipinski definition) is 6. The first-order chi connectivity index (χ1) is 14.1. The van der Waals surface area contributed by atoms with E-state index in [0.29, 0.717) is 30.6 Å². The second kappa shape index (κ2) is 8.34. The molecular formula is C22H23N3O4. The summed E-state index contributed by atoms with van der Waals surface area (Å²) in [5, 5.41) is 4.02. The SMILES string of the molecule is Cc1ccc(OCC(=O)N2CC(c3noc(COc4ccc(C)cc4)n3)C2)cc1.